The van der Waals surface area contributed by atoms with Crippen molar-refractivity contribution in [1.29, 1.82) is 0 Å². The van der Waals surface area contributed by atoms with Gasteiger partial charge in [-0.05, 0) is 32.4 Å². The summed E-state index contributed by atoms with van der Waals surface area (Å²) in [6.45, 7) is 6.22. The molecule has 0 aliphatic rings. The number of nitrogens with two attached hydrogens (primary N) is 1. The van der Waals surface area contributed by atoms with Crippen molar-refractivity contribution in [3.05, 3.63) is 44.9 Å². The van der Waals surface area contributed by atoms with Gasteiger partial charge in [0.25, 0.3) is 0 Å². The highest BCUT2D eigenvalue weighted by Gasteiger charge is 2.17. The number of aromatic nitrogens is 1. The van der Waals surface area contributed by atoms with Crippen LogP contribution in [0.1, 0.15) is 39.5 Å². The summed E-state index contributed by atoms with van der Waals surface area (Å²) >= 11 is 1.80. The average Bonchev–Trinajstić information content (AvgIpc) is 2.96. The Kier molecular flexibility index (Phi) is 5.33. The van der Waals surface area contributed by atoms with Gasteiger partial charge in [0.05, 0.1) is 13.2 Å². The number of hydrogen-bond donors (Lipinski definition) is 2. The van der Waals surface area contributed by atoms with Crippen LogP contribution in [0.3, 0.4) is 0 Å². The molecule has 2 rings (SSSR count). The van der Waals surface area contributed by atoms with Crippen molar-refractivity contribution >= 4 is 11.3 Å². The fraction of sp³-hybridized carbons (Fsp3) is 0.438. The lowest BCUT2D eigenvalue weighted by atomic mass is 10.0. The fourth-order valence-electron chi connectivity index (χ4n) is 2.48. The Bertz CT molecular complexity index is 610. The first-order chi connectivity index (χ1) is 10.1. The van der Waals surface area contributed by atoms with Crippen LogP contribution in [0.4, 0.5) is 0 Å². The van der Waals surface area contributed by atoms with Crippen LogP contribution in [0.2, 0.25) is 0 Å². The molecule has 5 heteroatoms. The smallest absolute Gasteiger partial charge is 0.128 e. The highest BCUT2D eigenvalue weighted by atomic mass is 32.1. The first-order valence-electron chi connectivity index (χ1n) is 7.14. The fourth-order valence-corrected chi connectivity index (χ4v) is 3.50. The molecule has 2 aromatic rings. The summed E-state index contributed by atoms with van der Waals surface area (Å²) in [6.07, 6.45) is 3.67. The number of rotatable bonds is 6. The normalized spacial score (nSPS) is 12.4. The van der Waals surface area contributed by atoms with Crippen molar-refractivity contribution in [3.8, 4) is 5.75 Å². The first-order valence-corrected chi connectivity index (χ1v) is 7.96. The monoisotopic (exact) mass is 305 g/mol. The van der Waals surface area contributed by atoms with Gasteiger partial charge in [0.2, 0.25) is 0 Å². The summed E-state index contributed by atoms with van der Waals surface area (Å²) in [6, 6.07) is 4.39. The summed E-state index contributed by atoms with van der Waals surface area (Å²) in [5, 5.41) is 0. The van der Waals surface area contributed by atoms with Gasteiger partial charge in [-0.3, -0.25) is 16.3 Å². The summed E-state index contributed by atoms with van der Waals surface area (Å²) in [4.78, 5) is 7.17. The van der Waals surface area contributed by atoms with E-state index in [2.05, 4.69) is 29.5 Å². The van der Waals surface area contributed by atoms with Crippen molar-refractivity contribution in [1.82, 2.24) is 10.4 Å². The Morgan fingerprint density at radius 1 is 1.38 bits per heavy atom. The van der Waals surface area contributed by atoms with E-state index >= 15 is 0 Å². The Hall–Kier alpha value is -1.43. The summed E-state index contributed by atoms with van der Waals surface area (Å²) in [7, 11) is 1.70. The zero-order valence-corrected chi connectivity index (χ0v) is 13.9. The molecule has 0 amide bonds. The summed E-state index contributed by atoms with van der Waals surface area (Å²) < 4.78 is 5.47. The second-order valence-electron chi connectivity index (χ2n) is 5.13. The topological polar surface area (TPSA) is 60.2 Å². The molecule has 21 heavy (non-hydrogen) atoms. The maximum Gasteiger partial charge on any atom is 0.128 e. The second kappa shape index (κ2) is 7.02. The third-order valence-corrected chi connectivity index (χ3v) is 5.07. The van der Waals surface area contributed by atoms with Crippen LogP contribution in [-0.2, 0) is 12.8 Å². The second-order valence-corrected chi connectivity index (χ2v) is 6.33. The van der Waals surface area contributed by atoms with Gasteiger partial charge >= 0.3 is 0 Å². The number of hydrogen-bond acceptors (Lipinski definition) is 5. The van der Waals surface area contributed by atoms with E-state index in [9.17, 15) is 0 Å². The van der Waals surface area contributed by atoms with E-state index in [1.54, 1.807) is 18.4 Å². The van der Waals surface area contributed by atoms with Crippen LogP contribution in [0, 0.1) is 13.8 Å². The maximum absolute atomic E-state index is 5.75. The van der Waals surface area contributed by atoms with Crippen LogP contribution < -0.4 is 16.0 Å². The van der Waals surface area contributed by atoms with Crippen molar-refractivity contribution in [2.24, 2.45) is 5.84 Å². The van der Waals surface area contributed by atoms with E-state index in [1.165, 1.54) is 9.75 Å². The average molecular weight is 305 g/mol. The first kappa shape index (κ1) is 15.9. The van der Waals surface area contributed by atoms with Gasteiger partial charge in [-0.25, -0.2) is 0 Å². The third kappa shape index (κ3) is 3.43. The van der Waals surface area contributed by atoms with Gasteiger partial charge in [0.15, 0.2) is 0 Å². The van der Waals surface area contributed by atoms with Gasteiger partial charge in [0.1, 0.15) is 5.75 Å². The van der Waals surface area contributed by atoms with Gasteiger partial charge in [-0.1, -0.05) is 6.92 Å². The van der Waals surface area contributed by atoms with Gasteiger partial charge in [-0.15, -0.1) is 11.3 Å². The number of methoxy groups -OCH3 is 1. The molecule has 114 valence electrons. The molecule has 1 atom stereocenters. The molecule has 0 aliphatic heterocycles. The molecule has 3 N–H and O–H groups in total. The molecule has 0 saturated heterocycles. The van der Waals surface area contributed by atoms with Crippen molar-refractivity contribution < 1.29 is 4.74 Å². The van der Waals surface area contributed by atoms with Crippen LogP contribution in [0.25, 0.3) is 0 Å². The lowest BCUT2D eigenvalue weighted by Gasteiger charge is -2.17. The van der Waals surface area contributed by atoms with Gasteiger partial charge in [-0.2, -0.15) is 0 Å². The zero-order valence-electron chi connectivity index (χ0n) is 13.1. The third-order valence-electron chi connectivity index (χ3n) is 3.72. The van der Waals surface area contributed by atoms with Crippen LogP contribution >= 0.6 is 11.3 Å². The molecular formula is C16H23N3OS. The Morgan fingerprint density at radius 2 is 2.14 bits per heavy atom. The van der Waals surface area contributed by atoms with E-state index in [0.717, 1.165) is 35.4 Å². The van der Waals surface area contributed by atoms with Crippen LogP contribution in [0.15, 0.2) is 18.3 Å². The van der Waals surface area contributed by atoms with Crippen molar-refractivity contribution in [2.75, 3.05) is 7.11 Å². The Morgan fingerprint density at radius 3 is 2.71 bits per heavy atom. The minimum Gasteiger partial charge on any atom is -0.496 e. The summed E-state index contributed by atoms with van der Waals surface area (Å²) in [5.41, 5.74) is 6.08. The Labute approximate surface area is 130 Å². The standard InChI is InChI=1S/C16H23N3OS/c1-5-12-6-7-15(21-12)14(19-17)8-13-11(3)16(20-4)10(2)9-18-13/h6-7,9,14,19H,5,8,17H2,1-4H3. The number of ether oxygens (including phenoxy) is 1. The van der Waals surface area contributed by atoms with Gasteiger partial charge < -0.3 is 4.74 Å². The lowest BCUT2D eigenvalue weighted by Crippen LogP contribution is -2.29. The molecule has 0 aliphatic carbocycles. The number of thiophene rings is 1. The summed E-state index contributed by atoms with van der Waals surface area (Å²) in [5.74, 6) is 6.66. The molecule has 0 aromatic carbocycles. The van der Waals surface area contributed by atoms with Crippen LogP contribution in [-0.4, -0.2) is 12.1 Å². The number of hydrazine groups is 1. The molecule has 0 radical (unpaired) electrons. The van der Waals surface area contributed by atoms with Gasteiger partial charge in [0, 0.05) is 39.2 Å². The molecule has 1 unspecified atom stereocenters. The highest BCUT2D eigenvalue weighted by Crippen LogP contribution is 2.29. The largest absolute Gasteiger partial charge is 0.496 e. The quantitative estimate of drug-likeness (QED) is 0.636. The molecule has 2 heterocycles. The predicted molar refractivity (Wildman–Crippen MR) is 87.7 cm³/mol. The minimum atomic E-state index is 0.0777. The molecule has 0 bridgehead atoms. The van der Waals surface area contributed by atoms with Crippen molar-refractivity contribution in [2.45, 2.75) is 39.7 Å². The molecular weight excluding hydrogens is 282 g/mol. The molecule has 0 fully saturated rings. The maximum atomic E-state index is 5.75. The van der Waals surface area contributed by atoms with E-state index < -0.39 is 0 Å². The zero-order chi connectivity index (χ0) is 15.4. The number of nitrogens with one attached hydrogen (secondary N) is 1. The number of nitrogens with zero attached hydrogens (tertiary/aromatic N) is 1. The van der Waals surface area contributed by atoms with E-state index in [4.69, 9.17) is 10.6 Å². The highest BCUT2D eigenvalue weighted by molar-refractivity contribution is 7.12. The van der Waals surface area contributed by atoms with Crippen LogP contribution in [0.5, 0.6) is 5.75 Å². The molecule has 0 spiro atoms. The minimum absolute atomic E-state index is 0.0777. The molecule has 2 aromatic heterocycles. The number of pyridine rings is 1. The molecule has 4 nitrogen and oxygen atoms in total. The number of aryl methyl sites for hydroxylation is 2. The van der Waals surface area contributed by atoms with E-state index in [0.29, 0.717) is 0 Å². The van der Waals surface area contributed by atoms with E-state index in [-0.39, 0.29) is 6.04 Å². The predicted octanol–water partition coefficient (Wildman–Crippen LogP) is 3.08. The van der Waals surface area contributed by atoms with E-state index in [1.807, 2.05) is 20.0 Å². The molecule has 0 saturated carbocycles. The SMILES string of the molecule is CCc1ccc(C(Cc2ncc(C)c(OC)c2C)NN)s1. The lowest BCUT2D eigenvalue weighted by molar-refractivity contribution is 0.406. The van der Waals surface area contributed by atoms with Crippen molar-refractivity contribution in [3.63, 3.8) is 0 Å². The Balaban J connectivity index is 2.26.